The number of methoxy groups -OCH3 is 1. The van der Waals surface area contributed by atoms with Crippen molar-refractivity contribution < 1.29 is 9.53 Å². The topological polar surface area (TPSA) is 41.9 Å². The molecular formula is C20H22N2O2S. The van der Waals surface area contributed by atoms with E-state index in [2.05, 4.69) is 18.0 Å². The number of aliphatic imine (C=N–C) groups is 1. The first-order valence-electron chi connectivity index (χ1n) is 8.36. The maximum Gasteiger partial charge on any atom is 0.182 e. The summed E-state index contributed by atoms with van der Waals surface area (Å²) in [6.45, 7) is 3.17. The maximum atomic E-state index is 12.8. The van der Waals surface area contributed by atoms with Crippen LogP contribution in [0.1, 0.15) is 22.3 Å². The highest BCUT2D eigenvalue weighted by atomic mass is 32.2. The third-order valence-corrected chi connectivity index (χ3v) is 5.23. The molecule has 0 saturated heterocycles. The molecule has 0 aliphatic carbocycles. The minimum atomic E-state index is 0.0692. The van der Waals surface area contributed by atoms with Gasteiger partial charge >= 0.3 is 0 Å². The maximum absolute atomic E-state index is 12.8. The van der Waals surface area contributed by atoms with Crippen LogP contribution in [0.25, 0.3) is 0 Å². The van der Waals surface area contributed by atoms with E-state index in [1.807, 2.05) is 47.4 Å². The van der Waals surface area contributed by atoms with E-state index >= 15 is 0 Å². The predicted octanol–water partition coefficient (Wildman–Crippen LogP) is 4.19. The lowest BCUT2D eigenvalue weighted by atomic mass is 10.1. The van der Waals surface area contributed by atoms with Gasteiger partial charge in [0.2, 0.25) is 0 Å². The molecule has 0 N–H and O–H groups in total. The zero-order chi connectivity index (χ0) is 17.6. The SMILES string of the molecule is COc1ccc(C(=O)CN(C2=NCCCS2)c2ccccc2C)cc1. The number of nitrogens with zero attached hydrogens (tertiary/aromatic N) is 2. The molecule has 1 aliphatic heterocycles. The van der Waals surface area contributed by atoms with Gasteiger partial charge in [0, 0.05) is 23.5 Å². The lowest BCUT2D eigenvalue weighted by molar-refractivity contribution is 0.100. The average Bonchev–Trinajstić information content (AvgIpc) is 2.67. The van der Waals surface area contributed by atoms with E-state index in [-0.39, 0.29) is 12.3 Å². The molecule has 2 aromatic carbocycles. The fourth-order valence-electron chi connectivity index (χ4n) is 2.75. The van der Waals surface area contributed by atoms with Crippen LogP contribution < -0.4 is 9.64 Å². The van der Waals surface area contributed by atoms with Crippen molar-refractivity contribution >= 4 is 28.4 Å². The molecule has 0 saturated carbocycles. The van der Waals surface area contributed by atoms with Gasteiger partial charge in [0.25, 0.3) is 0 Å². The van der Waals surface area contributed by atoms with E-state index in [1.54, 1.807) is 18.9 Å². The van der Waals surface area contributed by atoms with Crippen LogP contribution in [0.15, 0.2) is 53.5 Å². The number of hydrogen-bond donors (Lipinski definition) is 0. The zero-order valence-corrected chi connectivity index (χ0v) is 15.4. The van der Waals surface area contributed by atoms with Gasteiger partial charge < -0.3 is 9.64 Å². The number of ketones is 1. The Hall–Kier alpha value is -2.27. The molecule has 0 unspecified atom stereocenters. The van der Waals surface area contributed by atoms with Crippen LogP contribution >= 0.6 is 11.8 Å². The van der Waals surface area contributed by atoms with Gasteiger partial charge in [-0.15, -0.1) is 0 Å². The zero-order valence-electron chi connectivity index (χ0n) is 14.6. The van der Waals surface area contributed by atoms with Crippen LogP contribution in [0.3, 0.4) is 0 Å². The van der Waals surface area contributed by atoms with Crippen molar-refractivity contribution in [3.05, 3.63) is 59.7 Å². The molecule has 0 aromatic heterocycles. The molecule has 5 heteroatoms. The molecule has 0 amide bonds. The van der Waals surface area contributed by atoms with E-state index < -0.39 is 0 Å². The van der Waals surface area contributed by atoms with E-state index in [4.69, 9.17) is 4.74 Å². The number of anilines is 1. The number of aryl methyl sites for hydroxylation is 1. The van der Waals surface area contributed by atoms with Crippen LogP contribution in [0.4, 0.5) is 5.69 Å². The molecule has 2 aromatic rings. The number of para-hydroxylation sites is 1. The molecule has 130 valence electrons. The van der Waals surface area contributed by atoms with Crippen molar-refractivity contribution in [1.82, 2.24) is 0 Å². The molecule has 0 fully saturated rings. The Balaban J connectivity index is 1.87. The molecule has 4 nitrogen and oxygen atoms in total. The number of ether oxygens (including phenoxy) is 1. The summed E-state index contributed by atoms with van der Waals surface area (Å²) in [6, 6.07) is 15.4. The highest BCUT2D eigenvalue weighted by molar-refractivity contribution is 8.14. The summed E-state index contributed by atoms with van der Waals surface area (Å²) in [5.41, 5.74) is 2.86. The van der Waals surface area contributed by atoms with E-state index in [0.29, 0.717) is 5.56 Å². The van der Waals surface area contributed by atoms with E-state index in [1.165, 1.54) is 0 Å². The highest BCUT2D eigenvalue weighted by Gasteiger charge is 2.21. The molecule has 0 bridgehead atoms. The van der Waals surface area contributed by atoms with Crippen molar-refractivity contribution in [2.45, 2.75) is 13.3 Å². The van der Waals surface area contributed by atoms with E-state index in [9.17, 15) is 4.79 Å². The molecule has 0 spiro atoms. The van der Waals surface area contributed by atoms with E-state index in [0.717, 1.165) is 40.9 Å². The summed E-state index contributed by atoms with van der Waals surface area (Å²) >= 11 is 1.72. The molecule has 3 rings (SSSR count). The molecule has 0 atom stereocenters. The lowest BCUT2D eigenvalue weighted by Gasteiger charge is -2.28. The first kappa shape index (κ1) is 17.5. The Morgan fingerprint density at radius 1 is 1.20 bits per heavy atom. The number of carbonyl (C=O) groups excluding carboxylic acids is 1. The molecule has 0 radical (unpaired) electrons. The Bertz CT molecular complexity index is 772. The number of carbonyl (C=O) groups is 1. The molecule has 1 heterocycles. The van der Waals surface area contributed by atoms with Gasteiger partial charge in [0.1, 0.15) is 5.75 Å². The Kier molecular flexibility index (Phi) is 5.76. The summed E-state index contributed by atoms with van der Waals surface area (Å²) in [4.78, 5) is 19.5. The van der Waals surface area contributed by atoms with Crippen LogP contribution in [0.5, 0.6) is 5.75 Å². The van der Waals surface area contributed by atoms with Crippen molar-refractivity contribution in [3.63, 3.8) is 0 Å². The largest absolute Gasteiger partial charge is 0.497 e. The molecular weight excluding hydrogens is 332 g/mol. The molecule has 1 aliphatic rings. The first-order chi connectivity index (χ1) is 12.2. The second kappa shape index (κ2) is 8.21. The summed E-state index contributed by atoms with van der Waals surface area (Å²) in [5, 5.41) is 0.933. The second-order valence-electron chi connectivity index (χ2n) is 5.89. The van der Waals surface area contributed by atoms with Gasteiger partial charge in [0.15, 0.2) is 11.0 Å². The smallest absolute Gasteiger partial charge is 0.182 e. The van der Waals surface area contributed by atoms with Gasteiger partial charge in [-0.1, -0.05) is 30.0 Å². The minimum absolute atomic E-state index is 0.0692. The Labute approximate surface area is 152 Å². The predicted molar refractivity (Wildman–Crippen MR) is 105 cm³/mol. The van der Waals surface area contributed by atoms with Crippen molar-refractivity contribution in [3.8, 4) is 5.75 Å². The van der Waals surface area contributed by atoms with Crippen LogP contribution in [0.2, 0.25) is 0 Å². The number of rotatable bonds is 5. The fraction of sp³-hybridized carbons (Fsp3) is 0.300. The molecule has 25 heavy (non-hydrogen) atoms. The third kappa shape index (κ3) is 4.23. The Morgan fingerprint density at radius 2 is 1.96 bits per heavy atom. The highest BCUT2D eigenvalue weighted by Crippen LogP contribution is 2.26. The number of amidine groups is 1. The van der Waals surface area contributed by atoms with Gasteiger partial charge in [-0.2, -0.15) is 0 Å². The number of thioether (sulfide) groups is 1. The summed E-state index contributed by atoms with van der Waals surface area (Å²) in [7, 11) is 1.62. The number of hydrogen-bond acceptors (Lipinski definition) is 5. The van der Waals surface area contributed by atoms with Gasteiger partial charge in [-0.05, 0) is 49.2 Å². The number of benzene rings is 2. The second-order valence-corrected chi connectivity index (χ2v) is 6.95. The normalized spacial score (nSPS) is 13.9. The van der Waals surface area contributed by atoms with Crippen molar-refractivity contribution in [1.29, 1.82) is 0 Å². The van der Waals surface area contributed by atoms with Crippen LogP contribution in [-0.4, -0.2) is 36.9 Å². The van der Waals surface area contributed by atoms with Crippen molar-refractivity contribution in [2.24, 2.45) is 4.99 Å². The summed E-state index contributed by atoms with van der Waals surface area (Å²) < 4.78 is 5.17. The third-order valence-electron chi connectivity index (χ3n) is 4.13. The van der Waals surface area contributed by atoms with Crippen molar-refractivity contribution in [2.75, 3.05) is 30.9 Å². The van der Waals surface area contributed by atoms with Gasteiger partial charge in [-0.3, -0.25) is 9.79 Å². The number of Topliss-reactive ketones (excluding diaryl/α,β-unsaturated/α-hetero) is 1. The summed E-state index contributed by atoms with van der Waals surface area (Å²) in [6.07, 6.45) is 1.09. The Morgan fingerprint density at radius 3 is 2.60 bits per heavy atom. The fourth-order valence-corrected chi connectivity index (χ4v) is 3.70. The van der Waals surface area contributed by atoms with Crippen LogP contribution in [0, 0.1) is 6.92 Å². The minimum Gasteiger partial charge on any atom is -0.497 e. The quantitative estimate of drug-likeness (QED) is 0.755. The lowest BCUT2D eigenvalue weighted by Crippen LogP contribution is -2.36. The monoisotopic (exact) mass is 354 g/mol. The standard InChI is InChI=1S/C20H22N2O2S/c1-15-6-3-4-7-18(15)22(20-21-12-5-13-25-20)14-19(23)16-8-10-17(24-2)11-9-16/h3-4,6-11H,5,12-14H2,1-2H3. The van der Waals surface area contributed by atoms with Gasteiger partial charge in [-0.25, -0.2) is 0 Å². The first-order valence-corrected chi connectivity index (χ1v) is 9.35. The summed E-state index contributed by atoms with van der Waals surface area (Å²) in [5.74, 6) is 1.86. The van der Waals surface area contributed by atoms with Gasteiger partial charge in [0.05, 0.1) is 13.7 Å². The van der Waals surface area contributed by atoms with Crippen LogP contribution in [-0.2, 0) is 0 Å². The average molecular weight is 354 g/mol.